The van der Waals surface area contributed by atoms with Crippen LogP contribution in [0.15, 0.2) is 48.5 Å². The molecule has 1 saturated heterocycles. The fraction of sp³-hybridized carbons (Fsp3) is 0.300. The van der Waals surface area contributed by atoms with Gasteiger partial charge in [0, 0.05) is 24.6 Å². The predicted molar refractivity (Wildman–Crippen MR) is 94.9 cm³/mol. The van der Waals surface area contributed by atoms with E-state index in [0.717, 1.165) is 22.4 Å². The number of nitrogens with one attached hydrogen (secondary N) is 1. The van der Waals surface area contributed by atoms with Crippen LogP contribution < -0.4 is 5.32 Å². The molecule has 1 fully saturated rings. The summed E-state index contributed by atoms with van der Waals surface area (Å²) in [6.07, 6.45) is 0.473. The molecule has 0 radical (unpaired) electrons. The molecule has 0 spiro atoms. The Morgan fingerprint density at radius 2 is 1.88 bits per heavy atom. The maximum atomic E-state index is 12.3. The molecular formula is C20H22N2O2. The van der Waals surface area contributed by atoms with Crippen molar-refractivity contribution in [3.8, 4) is 0 Å². The van der Waals surface area contributed by atoms with Crippen LogP contribution in [0.4, 0.5) is 5.69 Å². The summed E-state index contributed by atoms with van der Waals surface area (Å²) < 4.78 is 0. The molecule has 4 nitrogen and oxygen atoms in total. The zero-order chi connectivity index (χ0) is 17.1. The Bertz CT molecular complexity index is 755. The third kappa shape index (κ3) is 3.48. The largest absolute Gasteiger partial charge is 0.333 e. The number of rotatable bonds is 4. The third-order valence-electron chi connectivity index (χ3n) is 4.70. The normalized spacial score (nSPS) is 17.2. The molecule has 24 heavy (non-hydrogen) atoms. The topological polar surface area (TPSA) is 49.4 Å². The molecule has 1 N–H and O–H groups in total. The van der Waals surface area contributed by atoms with Crippen LogP contribution in [0.3, 0.4) is 0 Å². The summed E-state index contributed by atoms with van der Waals surface area (Å²) in [5.41, 5.74) is 4.16. The number of benzene rings is 2. The van der Waals surface area contributed by atoms with E-state index in [1.54, 1.807) is 4.90 Å². The number of hydrogen-bond donors (Lipinski definition) is 1. The minimum atomic E-state index is -0.147. The first-order valence-corrected chi connectivity index (χ1v) is 8.23. The minimum absolute atomic E-state index is 0.0416. The number of anilines is 1. The van der Waals surface area contributed by atoms with Crippen molar-refractivity contribution in [3.63, 3.8) is 0 Å². The van der Waals surface area contributed by atoms with Gasteiger partial charge in [-0.1, -0.05) is 42.5 Å². The van der Waals surface area contributed by atoms with Gasteiger partial charge < -0.3 is 10.2 Å². The highest BCUT2D eigenvalue weighted by Gasteiger charge is 2.31. The van der Waals surface area contributed by atoms with Crippen LogP contribution in [0.25, 0.3) is 0 Å². The van der Waals surface area contributed by atoms with Crippen LogP contribution in [0.5, 0.6) is 0 Å². The highest BCUT2D eigenvalue weighted by molar-refractivity contribution is 5.95. The molecule has 1 atom stereocenters. The van der Waals surface area contributed by atoms with Crippen LogP contribution in [0.2, 0.25) is 0 Å². The van der Waals surface area contributed by atoms with Crippen molar-refractivity contribution in [2.24, 2.45) is 0 Å². The van der Waals surface area contributed by atoms with Crippen molar-refractivity contribution in [2.45, 2.75) is 26.2 Å². The third-order valence-corrected chi connectivity index (χ3v) is 4.70. The second-order valence-corrected chi connectivity index (χ2v) is 6.38. The van der Waals surface area contributed by atoms with Crippen molar-refractivity contribution < 1.29 is 9.59 Å². The van der Waals surface area contributed by atoms with Gasteiger partial charge in [0.25, 0.3) is 0 Å². The first-order valence-electron chi connectivity index (χ1n) is 8.23. The van der Waals surface area contributed by atoms with Gasteiger partial charge in [-0.25, -0.2) is 0 Å². The van der Waals surface area contributed by atoms with E-state index in [0.29, 0.717) is 13.0 Å². The number of carbonyl (C=O) groups is 2. The summed E-state index contributed by atoms with van der Waals surface area (Å²) in [5, 5.41) is 2.92. The van der Waals surface area contributed by atoms with E-state index in [9.17, 15) is 9.59 Å². The van der Waals surface area contributed by atoms with Crippen LogP contribution in [0.1, 0.15) is 29.0 Å². The van der Waals surface area contributed by atoms with Crippen molar-refractivity contribution >= 4 is 17.5 Å². The smallest absolute Gasteiger partial charge is 0.244 e. The number of aryl methyl sites for hydroxylation is 1. The lowest BCUT2D eigenvalue weighted by molar-refractivity contribution is -0.131. The van der Waals surface area contributed by atoms with E-state index in [4.69, 9.17) is 0 Å². The molecule has 1 aliphatic heterocycles. The fourth-order valence-electron chi connectivity index (χ4n) is 3.12. The summed E-state index contributed by atoms with van der Waals surface area (Å²) in [6.45, 7) is 4.70. The predicted octanol–water partition coefficient (Wildman–Crippen LogP) is 3.26. The summed E-state index contributed by atoms with van der Waals surface area (Å²) >= 11 is 0. The number of carbonyl (C=O) groups excluding carboxylic acids is 2. The second kappa shape index (κ2) is 6.87. The van der Waals surface area contributed by atoms with Gasteiger partial charge in [-0.15, -0.1) is 0 Å². The number of amides is 2. The van der Waals surface area contributed by atoms with E-state index in [2.05, 4.69) is 5.32 Å². The van der Waals surface area contributed by atoms with Crippen molar-refractivity contribution in [1.82, 2.24) is 4.90 Å². The summed E-state index contributed by atoms with van der Waals surface area (Å²) in [5.74, 6) is 0.0675. The molecule has 1 aliphatic rings. The monoisotopic (exact) mass is 322 g/mol. The maximum Gasteiger partial charge on any atom is 0.244 e. The molecule has 3 rings (SSSR count). The van der Waals surface area contributed by atoms with E-state index in [-0.39, 0.29) is 24.3 Å². The first kappa shape index (κ1) is 16.2. The molecule has 1 heterocycles. The number of likely N-dealkylation sites (tertiary alicyclic amines) is 1. The molecule has 2 aromatic carbocycles. The molecule has 0 bridgehead atoms. The van der Waals surface area contributed by atoms with Gasteiger partial charge in [0.15, 0.2) is 0 Å². The lowest BCUT2D eigenvalue weighted by Crippen LogP contribution is -2.34. The van der Waals surface area contributed by atoms with Gasteiger partial charge >= 0.3 is 0 Å². The molecule has 0 saturated carbocycles. The Labute approximate surface area is 142 Å². The molecule has 0 aliphatic carbocycles. The standard InChI is InChI=1S/C20H22N2O2/c1-14-7-6-10-18(15(14)2)21-19(23)13-22-12-17(11-20(22)24)16-8-4-3-5-9-16/h3-10,17H,11-13H2,1-2H3,(H,21,23)/t17-/m0/s1. The van der Waals surface area contributed by atoms with Crippen LogP contribution in [-0.4, -0.2) is 29.8 Å². The van der Waals surface area contributed by atoms with Crippen molar-refractivity contribution in [1.29, 1.82) is 0 Å². The average Bonchev–Trinajstić information content (AvgIpc) is 2.93. The molecule has 2 aromatic rings. The second-order valence-electron chi connectivity index (χ2n) is 6.38. The quantitative estimate of drug-likeness (QED) is 0.939. The Kier molecular flexibility index (Phi) is 4.65. The van der Waals surface area contributed by atoms with Crippen LogP contribution in [0, 0.1) is 13.8 Å². The number of nitrogens with zero attached hydrogens (tertiary/aromatic N) is 1. The molecule has 2 amide bonds. The van der Waals surface area contributed by atoms with Gasteiger partial charge in [0.2, 0.25) is 11.8 Å². The van der Waals surface area contributed by atoms with Crippen LogP contribution in [-0.2, 0) is 9.59 Å². The van der Waals surface area contributed by atoms with E-state index < -0.39 is 0 Å². The lowest BCUT2D eigenvalue weighted by atomic mass is 9.99. The Balaban J connectivity index is 1.62. The van der Waals surface area contributed by atoms with Gasteiger partial charge in [-0.3, -0.25) is 9.59 Å². The van der Waals surface area contributed by atoms with Gasteiger partial charge in [-0.2, -0.15) is 0 Å². The summed E-state index contributed by atoms with van der Waals surface area (Å²) in [6, 6.07) is 15.8. The van der Waals surface area contributed by atoms with Crippen molar-refractivity contribution in [3.05, 3.63) is 65.2 Å². The molecule has 4 heteroatoms. The maximum absolute atomic E-state index is 12.3. The molecule has 124 valence electrons. The Hall–Kier alpha value is -2.62. The van der Waals surface area contributed by atoms with E-state index >= 15 is 0 Å². The summed E-state index contributed by atoms with van der Waals surface area (Å²) in [7, 11) is 0. The van der Waals surface area contributed by atoms with E-state index in [1.807, 2.05) is 62.4 Å². The van der Waals surface area contributed by atoms with Gasteiger partial charge in [0.1, 0.15) is 0 Å². The zero-order valence-corrected chi connectivity index (χ0v) is 14.1. The highest BCUT2D eigenvalue weighted by atomic mass is 16.2. The number of hydrogen-bond acceptors (Lipinski definition) is 2. The lowest BCUT2D eigenvalue weighted by Gasteiger charge is -2.17. The molecule has 0 unspecified atom stereocenters. The SMILES string of the molecule is Cc1cccc(NC(=O)CN2C[C@@H](c3ccccc3)CC2=O)c1C. The zero-order valence-electron chi connectivity index (χ0n) is 14.1. The highest BCUT2D eigenvalue weighted by Crippen LogP contribution is 2.27. The van der Waals surface area contributed by atoms with Gasteiger partial charge in [0.05, 0.1) is 6.54 Å². The molecule has 0 aromatic heterocycles. The Morgan fingerprint density at radius 3 is 2.62 bits per heavy atom. The average molecular weight is 322 g/mol. The Morgan fingerprint density at radius 1 is 1.12 bits per heavy atom. The van der Waals surface area contributed by atoms with Crippen LogP contribution >= 0.6 is 0 Å². The van der Waals surface area contributed by atoms with Crippen molar-refractivity contribution in [2.75, 3.05) is 18.4 Å². The summed E-state index contributed by atoms with van der Waals surface area (Å²) in [4.78, 5) is 26.2. The van der Waals surface area contributed by atoms with E-state index in [1.165, 1.54) is 0 Å². The fourth-order valence-corrected chi connectivity index (χ4v) is 3.12. The first-order chi connectivity index (χ1) is 11.5. The minimum Gasteiger partial charge on any atom is -0.333 e. The molecular weight excluding hydrogens is 300 g/mol. The van der Waals surface area contributed by atoms with Gasteiger partial charge in [-0.05, 0) is 36.6 Å².